The topological polar surface area (TPSA) is 75.6 Å². The second-order valence-electron chi connectivity index (χ2n) is 4.22. The van der Waals surface area contributed by atoms with Crippen molar-refractivity contribution in [1.29, 1.82) is 0 Å². The Balaban J connectivity index is 1.97. The predicted octanol–water partition coefficient (Wildman–Crippen LogP) is 3.53. The van der Waals surface area contributed by atoms with Gasteiger partial charge in [0.25, 0.3) is 5.91 Å². The van der Waals surface area contributed by atoms with Crippen LogP contribution in [-0.4, -0.2) is 23.6 Å². The number of carbonyl (C=O) groups is 2. The predicted molar refractivity (Wildman–Crippen MR) is 84.3 cm³/mol. The molecule has 1 aromatic carbocycles. The molecule has 0 aliphatic heterocycles. The molecule has 0 aliphatic rings. The molecular weight excluding hydrogens is 358 g/mol. The van der Waals surface area contributed by atoms with Crippen LogP contribution in [-0.2, 0) is 4.79 Å². The molecule has 2 aromatic rings. The molecule has 2 rings (SSSR count). The first-order valence-corrected chi connectivity index (χ1v) is 7.64. The van der Waals surface area contributed by atoms with Crippen molar-refractivity contribution in [3.63, 3.8) is 0 Å². The van der Waals surface area contributed by atoms with Crippen LogP contribution in [0.2, 0.25) is 0 Å². The van der Waals surface area contributed by atoms with Gasteiger partial charge in [0.15, 0.2) is 6.61 Å². The molecule has 21 heavy (non-hydrogen) atoms. The third-order valence-electron chi connectivity index (χ3n) is 2.62. The Hall–Kier alpha value is -1.86. The van der Waals surface area contributed by atoms with Crippen LogP contribution in [0.4, 0.5) is 5.69 Å². The Bertz CT molecular complexity index is 666. The second-order valence-corrected chi connectivity index (χ2v) is 6.01. The maximum atomic E-state index is 11.8. The van der Waals surface area contributed by atoms with Crippen molar-refractivity contribution in [3.8, 4) is 5.75 Å². The highest BCUT2D eigenvalue weighted by Gasteiger charge is 2.17. The molecule has 0 aliphatic carbocycles. The van der Waals surface area contributed by atoms with E-state index in [0.717, 1.165) is 21.4 Å². The van der Waals surface area contributed by atoms with Crippen molar-refractivity contribution in [2.24, 2.45) is 0 Å². The van der Waals surface area contributed by atoms with E-state index in [9.17, 15) is 9.59 Å². The van der Waals surface area contributed by atoms with Crippen LogP contribution < -0.4 is 10.1 Å². The van der Waals surface area contributed by atoms with Gasteiger partial charge in [0.1, 0.15) is 10.6 Å². The fraction of sp³-hybridized carbons (Fsp3) is 0.143. The number of rotatable bonds is 5. The van der Waals surface area contributed by atoms with E-state index in [0.29, 0.717) is 11.4 Å². The van der Waals surface area contributed by atoms with E-state index in [2.05, 4.69) is 21.2 Å². The largest absolute Gasteiger partial charge is 0.484 e. The lowest BCUT2D eigenvalue weighted by Gasteiger charge is -2.08. The van der Waals surface area contributed by atoms with Gasteiger partial charge in [0, 0.05) is 4.47 Å². The number of carboxylic acids is 1. The van der Waals surface area contributed by atoms with Gasteiger partial charge >= 0.3 is 5.97 Å². The number of hydrogen-bond acceptors (Lipinski definition) is 4. The minimum atomic E-state index is -1.06. The van der Waals surface area contributed by atoms with Crippen molar-refractivity contribution in [2.45, 2.75) is 6.92 Å². The molecule has 0 bridgehead atoms. The number of thiophene rings is 1. The average molecular weight is 370 g/mol. The number of halogens is 1. The number of amides is 1. The molecular formula is C14H12BrNO4S. The lowest BCUT2D eigenvalue weighted by atomic mass is 10.2. The maximum Gasteiger partial charge on any atom is 0.348 e. The summed E-state index contributed by atoms with van der Waals surface area (Å²) in [4.78, 5) is 23.0. The number of ether oxygens (including phenoxy) is 1. The monoisotopic (exact) mass is 369 g/mol. The smallest absolute Gasteiger partial charge is 0.348 e. The number of nitrogens with one attached hydrogen (secondary N) is 1. The highest BCUT2D eigenvalue weighted by atomic mass is 79.9. The Morgan fingerprint density at radius 2 is 2.00 bits per heavy atom. The first-order valence-electron chi connectivity index (χ1n) is 5.97. The van der Waals surface area contributed by atoms with E-state index < -0.39 is 11.9 Å². The number of benzene rings is 1. The number of hydrogen-bond donors (Lipinski definition) is 2. The van der Waals surface area contributed by atoms with Crippen molar-refractivity contribution in [1.82, 2.24) is 0 Å². The zero-order valence-corrected chi connectivity index (χ0v) is 13.5. The van der Waals surface area contributed by atoms with Crippen LogP contribution in [0, 0.1) is 6.92 Å². The molecule has 1 heterocycles. The van der Waals surface area contributed by atoms with Crippen molar-refractivity contribution >= 4 is 44.8 Å². The van der Waals surface area contributed by atoms with Crippen LogP contribution in [0.1, 0.15) is 15.2 Å². The molecule has 0 saturated heterocycles. The summed E-state index contributed by atoms with van der Waals surface area (Å²) >= 11 is 4.39. The average Bonchev–Trinajstić information content (AvgIpc) is 2.80. The minimum Gasteiger partial charge on any atom is -0.484 e. The van der Waals surface area contributed by atoms with E-state index in [4.69, 9.17) is 9.84 Å². The Morgan fingerprint density at radius 3 is 2.62 bits per heavy atom. The first kappa shape index (κ1) is 15.5. The summed E-state index contributed by atoms with van der Waals surface area (Å²) in [7, 11) is 0. The van der Waals surface area contributed by atoms with Crippen LogP contribution in [0.25, 0.3) is 0 Å². The zero-order chi connectivity index (χ0) is 15.4. The number of carbonyl (C=O) groups excluding carboxylic acids is 1. The Labute approximate surface area is 133 Å². The van der Waals surface area contributed by atoms with Gasteiger partial charge in [-0.15, -0.1) is 11.3 Å². The normalized spacial score (nSPS) is 10.2. The van der Waals surface area contributed by atoms with Crippen LogP contribution >= 0.6 is 27.3 Å². The highest BCUT2D eigenvalue weighted by Crippen LogP contribution is 2.27. The van der Waals surface area contributed by atoms with Crippen LogP contribution in [0.5, 0.6) is 5.75 Å². The van der Waals surface area contributed by atoms with Crippen LogP contribution in [0.3, 0.4) is 0 Å². The SMILES string of the molecule is Cc1csc(C(=O)O)c1NC(=O)COc1ccc(Br)cc1. The quantitative estimate of drug-likeness (QED) is 0.844. The van der Waals surface area contributed by atoms with E-state index in [1.165, 1.54) is 0 Å². The van der Waals surface area contributed by atoms with Crippen molar-refractivity contribution in [3.05, 3.63) is 44.6 Å². The number of aromatic carboxylic acids is 1. The molecule has 0 unspecified atom stereocenters. The van der Waals surface area contributed by atoms with E-state index >= 15 is 0 Å². The van der Waals surface area contributed by atoms with Gasteiger partial charge in [-0.3, -0.25) is 4.79 Å². The Morgan fingerprint density at radius 1 is 1.33 bits per heavy atom. The molecule has 0 radical (unpaired) electrons. The standard InChI is InChI=1S/C14H12BrNO4S/c1-8-7-21-13(14(18)19)12(8)16-11(17)6-20-10-4-2-9(15)3-5-10/h2-5,7H,6H2,1H3,(H,16,17)(H,18,19). The molecule has 0 fully saturated rings. The zero-order valence-electron chi connectivity index (χ0n) is 11.1. The van der Waals surface area contributed by atoms with Gasteiger partial charge in [-0.25, -0.2) is 4.79 Å². The van der Waals surface area contributed by atoms with Gasteiger partial charge in [0.2, 0.25) is 0 Å². The summed E-state index contributed by atoms with van der Waals surface area (Å²) < 4.78 is 6.25. The van der Waals surface area contributed by atoms with Gasteiger partial charge < -0.3 is 15.2 Å². The summed E-state index contributed by atoms with van der Waals surface area (Å²) in [6, 6.07) is 7.07. The lowest BCUT2D eigenvalue weighted by Crippen LogP contribution is -2.21. The summed E-state index contributed by atoms with van der Waals surface area (Å²) in [5.74, 6) is -0.895. The number of aryl methyl sites for hydroxylation is 1. The molecule has 1 aromatic heterocycles. The highest BCUT2D eigenvalue weighted by molar-refractivity contribution is 9.10. The van der Waals surface area contributed by atoms with E-state index in [-0.39, 0.29) is 11.5 Å². The van der Waals surface area contributed by atoms with Crippen molar-refractivity contribution < 1.29 is 19.4 Å². The van der Waals surface area contributed by atoms with Gasteiger partial charge in [-0.1, -0.05) is 15.9 Å². The third-order valence-corrected chi connectivity index (χ3v) is 4.23. The van der Waals surface area contributed by atoms with Gasteiger partial charge in [-0.05, 0) is 42.1 Å². The summed E-state index contributed by atoms with van der Waals surface area (Å²) in [5, 5.41) is 13.3. The fourth-order valence-corrected chi connectivity index (χ4v) is 2.72. The maximum absolute atomic E-state index is 11.8. The molecule has 2 N–H and O–H groups in total. The van der Waals surface area contributed by atoms with Gasteiger partial charge in [0.05, 0.1) is 5.69 Å². The van der Waals surface area contributed by atoms with Gasteiger partial charge in [-0.2, -0.15) is 0 Å². The molecule has 110 valence electrons. The summed E-state index contributed by atoms with van der Waals surface area (Å²) in [6.45, 7) is 1.56. The van der Waals surface area contributed by atoms with E-state index in [1.807, 2.05) is 0 Å². The van der Waals surface area contributed by atoms with E-state index in [1.54, 1.807) is 36.6 Å². The molecule has 7 heteroatoms. The Kier molecular flexibility index (Phi) is 4.98. The fourth-order valence-electron chi connectivity index (χ4n) is 1.61. The number of carboxylic acid groups (broad SMARTS) is 1. The minimum absolute atomic E-state index is 0.115. The molecule has 0 spiro atoms. The molecule has 0 atom stereocenters. The molecule has 1 amide bonds. The summed E-state index contributed by atoms with van der Waals surface area (Å²) in [6.07, 6.45) is 0. The first-order chi connectivity index (χ1) is 9.97. The van der Waals surface area contributed by atoms with Crippen LogP contribution in [0.15, 0.2) is 34.1 Å². The molecule has 0 saturated carbocycles. The lowest BCUT2D eigenvalue weighted by molar-refractivity contribution is -0.118. The van der Waals surface area contributed by atoms with Crippen molar-refractivity contribution in [2.75, 3.05) is 11.9 Å². The molecule has 5 nitrogen and oxygen atoms in total. The second kappa shape index (κ2) is 6.73. The number of anilines is 1. The third kappa shape index (κ3) is 4.05. The summed E-state index contributed by atoms with van der Waals surface area (Å²) in [5.41, 5.74) is 1.05.